The minimum absolute atomic E-state index is 0.0460. The molecule has 20 nitrogen and oxygen atoms in total. The molecule has 0 radical (unpaired) electrons. The maximum Gasteiger partial charge on any atom is 0.332 e. The monoisotopic (exact) mass is 951 g/mol. The molecule has 20 heteroatoms. The van der Waals surface area contributed by atoms with Gasteiger partial charge in [-0.25, -0.2) is 19.6 Å². The smallest absolute Gasteiger partial charge is 0.332 e. The number of benzene rings is 2. The van der Waals surface area contributed by atoms with Gasteiger partial charge < -0.3 is 26.6 Å². The third-order valence-corrected chi connectivity index (χ3v) is 13.6. The van der Waals surface area contributed by atoms with E-state index in [4.69, 9.17) is 44.6 Å². The molecule has 10 rings (SSSR count). The van der Waals surface area contributed by atoms with Gasteiger partial charge in [-0.15, -0.1) is 11.8 Å². The summed E-state index contributed by atoms with van der Waals surface area (Å²) in [6.45, 7) is -2.18. The van der Waals surface area contributed by atoms with Crippen molar-refractivity contribution in [2.45, 2.75) is 96.5 Å². The lowest BCUT2D eigenvalue weighted by atomic mass is 9.84. The Kier molecular flexibility index (Phi) is 10.2. The number of para-hydroxylation sites is 2. The van der Waals surface area contributed by atoms with Crippen molar-refractivity contribution in [2.24, 2.45) is 30.6 Å². The third-order valence-electron chi connectivity index (χ3n) is 13.6. The lowest BCUT2D eigenvalue weighted by Gasteiger charge is -2.34. The molecule has 5 N–H and O–H groups in total. The van der Waals surface area contributed by atoms with Crippen molar-refractivity contribution in [3.05, 3.63) is 107 Å². The molecule has 5 aromatic heterocycles. The zero-order valence-electron chi connectivity index (χ0n) is 45.1. The molecule has 360 valence electrons. The summed E-state index contributed by atoms with van der Waals surface area (Å²) in [7, 11) is 3.02. The topological polar surface area (TPSA) is 232 Å². The number of piperidine rings is 2. The van der Waals surface area contributed by atoms with Crippen molar-refractivity contribution < 1.29 is 8.22 Å². The molecule has 0 saturated carbocycles. The number of fused-ring (bicyclic) bond motifs is 4. The molecule has 70 heavy (non-hydrogen) atoms. The summed E-state index contributed by atoms with van der Waals surface area (Å²) >= 11 is 0. The predicted octanol–water partition coefficient (Wildman–Crippen LogP) is 1.98. The summed E-state index contributed by atoms with van der Waals surface area (Å²) < 4.78 is 53.7. The van der Waals surface area contributed by atoms with Crippen LogP contribution in [0.15, 0.2) is 72.7 Å². The summed E-state index contributed by atoms with van der Waals surface area (Å²) in [6, 6.07) is 14.5. The van der Waals surface area contributed by atoms with Gasteiger partial charge in [0.15, 0.2) is 22.3 Å². The van der Waals surface area contributed by atoms with Crippen molar-refractivity contribution in [3.8, 4) is 23.7 Å². The number of imidazole rings is 2. The Morgan fingerprint density at radius 2 is 1.29 bits per heavy atom. The number of rotatable bonds is 10. The molecule has 1 unspecified atom stereocenters. The summed E-state index contributed by atoms with van der Waals surface area (Å²) in [6.07, 6.45) is 3.27. The fraction of sp³-hybridized carbons (Fsp3) is 0.420. The zero-order chi connectivity index (χ0) is 54.0. The standard InChI is InChI=1S/C50H56N16O4/c1-6-8-24-63-40-42(56-46(63)61-22-14-16-31(51)27-61)59(4)48(69)65(44(40)67)29-38-53-35-20-12-10-18-33(35)37(55-38)26-50(3)34-19-11-13-21-36(34)54-39(58-50)30-66-45(68)41-43(60(5)49(66)70)57-47(64(41)25-9-7-2)62-23-15-17-32(52)28-62/h10-13,18-21,31-32H,14-17,22-30,51-52H2,1-5H3,(H,54,58)/t31-,32-,50?/m1/s1/i1D3,2D3. The lowest BCUT2D eigenvalue weighted by molar-refractivity contribution is 0.483. The van der Waals surface area contributed by atoms with Crippen LogP contribution in [0.4, 0.5) is 17.6 Å². The van der Waals surface area contributed by atoms with Gasteiger partial charge in [-0.2, -0.15) is 9.97 Å². The first-order valence-corrected chi connectivity index (χ1v) is 23.2. The number of anilines is 3. The molecule has 0 aliphatic carbocycles. The summed E-state index contributed by atoms with van der Waals surface area (Å²) in [5.41, 5.74) is 11.7. The number of nitrogens with one attached hydrogen (secondary N) is 1. The summed E-state index contributed by atoms with van der Waals surface area (Å²) in [5, 5.41) is 4.03. The van der Waals surface area contributed by atoms with Gasteiger partial charge >= 0.3 is 11.4 Å². The second-order valence-electron chi connectivity index (χ2n) is 18.4. The van der Waals surface area contributed by atoms with Crippen LogP contribution in [0, 0.1) is 23.7 Å². The summed E-state index contributed by atoms with van der Waals surface area (Å²) in [5.74, 6) is 11.1. The highest BCUT2D eigenvalue weighted by atomic mass is 16.2. The summed E-state index contributed by atoms with van der Waals surface area (Å²) in [4.78, 5) is 86.6. The number of aryl methyl sites for hydroxylation is 2. The zero-order valence-corrected chi connectivity index (χ0v) is 39.1. The molecule has 8 heterocycles. The number of nitrogens with zero attached hydrogens (tertiary/aromatic N) is 13. The number of aliphatic imine (C=N–C) groups is 1. The second kappa shape index (κ2) is 18.3. The molecule has 2 aromatic carbocycles. The Morgan fingerprint density at radius 3 is 1.87 bits per heavy atom. The Hall–Kier alpha value is -7.81. The lowest BCUT2D eigenvalue weighted by Crippen LogP contribution is -2.44. The number of amidine groups is 1. The van der Waals surface area contributed by atoms with Crippen molar-refractivity contribution in [3.63, 3.8) is 0 Å². The molecule has 0 bridgehead atoms. The molecule has 3 aliphatic rings. The first kappa shape index (κ1) is 39.1. The Morgan fingerprint density at radius 1 is 0.729 bits per heavy atom. The first-order chi connectivity index (χ1) is 36.1. The highest BCUT2D eigenvalue weighted by molar-refractivity contribution is 5.98. The Labute approximate surface area is 410 Å². The molecule has 0 spiro atoms. The van der Waals surface area contributed by atoms with E-state index in [1.165, 1.54) is 23.2 Å². The van der Waals surface area contributed by atoms with Crippen molar-refractivity contribution >= 4 is 56.7 Å². The van der Waals surface area contributed by atoms with Gasteiger partial charge in [0.25, 0.3) is 11.1 Å². The van der Waals surface area contributed by atoms with Gasteiger partial charge in [-0.05, 0) is 58.4 Å². The van der Waals surface area contributed by atoms with Crippen LogP contribution in [-0.4, -0.2) is 91.4 Å². The van der Waals surface area contributed by atoms with E-state index in [0.717, 1.165) is 40.4 Å². The largest absolute Gasteiger partial charge is 0.342 e. The Bertz CT molecular complexity index is 3900. The van der Waals surface area contributed by atoms with Crippen LogP contribution in [-0.2, 0) is 52.2 Å². The number of aromatic nitrogens is 10. The Balaban J connectivity index is 1.05. The number of hydrogen-bond donors (Lipinski definition) is 3. The van der Waals surface area contributed by atoms with Gasteiger partial charge in [0, 0.05) is 83.6 Å². The number of nitrogens with two attached hydrogens (primary N) is 2. The third kappa shape index (κ3) is 8.02. The van der Waals surface area contributed by atoms with Gasteiger partial charge in [0.1, 0.15) is 11.7 Å². The minimum Gasteiger partial charge on any atom is -0.342 e. The van der Waals surface area contributed by atoms with Gasteiger partial charge in [-0.3, -0.25) is 42.0 Å². The van der Waals surface area contributed by atoms with Crippen LogP contribution in [0.25, 0.3) is 33.2 Å². The molecular weight excluding hydrogens is 889 g/mol. The van der Waals surface area contributed by atoms with Crippen LogP contribution in [0.1, 0.15) is 71.6 Å². The van der Waals surface area contributed by atoms with Crippen LogP contribution in [0.3, 0.4) is 0 Å². The normalized spacial score (nSPS) is 20.7. The van der Waals surface area contributed by atoms with Gasteiger partial charge in [0.2, 0.25) is 11.9 Å². The highest BCUT2D eigenvalue weighted by Crippen LogP contribution is 2.39. The van der Waals surface area contributed by atoms with Crippen molar-refractivity contribution in [2.75, 3.05) is 41.3 Å². The highest BCUT2D eigenvalue weighted by Gasteiger charge is 2.36. The average Bonchev–Trinajstić information content (AvgIpc) is 3.95. The predicted molar refractivity (Wildman–Crippen MR) is 271 cm³/mol. The molecule has 2 saturated heterocycles. The van der Waals surface area contributed by atoms with E-state index in [0.29, 0.717) is 60.4 Å². The van der Waals surface area contributed by atoms with E-state index in [1.807, 2.05) is 59.2 Å². The van der Waals surface area contributed by atoms with E-state index in [-0.39, 0.29) is 78.7 Å². The molecule has 3 atom stereocenters. The maximum atomic E-state index is 14.8. The molecule has 2 fully saturated rings. The van der Waals surface area contributed by atoms with E-state index in [1.54, 1.807) is 15.2 Å². The molecular formula is C50H56N16O4. The van der Waals surface area contributed by atoms with E-state index >= 15 is 0 Å². The fourth-order valence-electron chi connectivity index (χ4n) is 10.2. The molecule has 0 amide bonds. The SMILES string of the molecule is [2H]C([2H])([2H])C#CCn1c(N2CCC[C@@H](N)C2)nc2c1c(=O)n(CC1=NC(C)(Cc3nc(Cn4c(=O)c5c(nc(N6CCC[C@@H](N)C6)n5CC#CC([2H])([2H])[2H])n(C)c4=O)nc4ccccc34)c3ccccc3N1)c(=O)n2C. The number of hydrogen-bond acceptors (Lipinski definition) is 14. The fourth-order valence-corrected chi connectivity index (χ4v) is 10.2. The quantitative estimate of drug-likeness (QED) is 0.167. The van der Waals surface area contributed by atoms with E-state index in [2.05, 4.69) is 29.0 Å². The second-order valence-corrected chi connectivity index (χ2v) is 18.4. The molecule has 7 aromatic rings. The van der Waals surface area contributed by atoms with Crippen LogP contribution >= 0.6 is 0 Å². The van der Waals surface area contributed by atoms with Gasteiger partial charge in [0.05, 0.1) is 42.9 Å². The van der Waals surface area contributed by atoms with Crippen molar-refractivity contribution in [1.82, 2.24) is 47.3 Å². The first-order valence-electron chi connectivity index (χ1n) is 26.2. The van der Waals surface area contributed by atoms with E-state index in [9.17, 15) is 19.2 Å². The molecule has 3 aliphatic heterocycles. The van der Waals surface area contributed by atoms with Crippen LogP contribution in [0.2, 0.25) is 0 Å². The maximum absolute atomic E-state index is 14.8. The minimum atomic E-state index is -2.55. The van der Waals surface area contributed by atoms with Gasteiger partial charge in [-0.1, -0.05) is 48.2 Å². The average molecular weight is 951 g/mol. The van der Waals surface area contributed by atoms with E-state index < -0.39 is 41.7 Å². The van der Waals surface area contributed by atoms with Crippen molar-refractivity contribution in [1.29, 1.82) is 0 Å². The van der Waals surface area contributed by atoms with Crippen LogP contribution < -0.4 is 49.1 Å². The van der Waals surface area contributed by atoms with Crippen LogP contribution in [0.5, 0.6) is 0 Å².